The van der Waals surface area contributed by atoms with Crippen LogP contribution in [0.4, 0.5) is 11.4 Å². The van der Waals surface area contributed by atoms with Gasteiger partial charge in [0, 0.05) is 15.8 Å². The van der Waals surface area contributed by atoms with Crippen molar-refractivity contribution >= 4 is 33.2 Å². The Bertz CT molecular complexity index is 614. The Balaban J connectivity index is 2.25. The number of ether oxygens (including phenoxy) is 1. The van der Waals surface area contributed by atoms with E-state index in [1.807, 2.05) is 18.2 Å². The van der Waals surface area contributed by atoms with E-state index in [4.69, 9.17) is 10.5 Å². The SMILES string of the molecule is COc1ccc(N)c(C(=O)Nc2cccc(Br)c2)c1. The number of benzene rings is 2. The third-order valence-corrected chi connectivity index (χ3v) is 3.08. The fourth-order valence-corrected chi connectivity index (χ4v) is 2.02. The predicted molar refractivity (Wildman–Crippen MR) is 79.5 cm³/mol. The molecule has 19 heavy (non-hydrogen) atoms. The molecule has 4 nitrogen and oxygen atoms in total. The summed E-state index contributed by atoms with van der Waals surface area (Å²) in [6.07, 6.45) is 0. The van der Waals surface area contributed by atoms with Crippen molar-refractivity contribution < 1.29 is 9.53 Å². The van der Waals surface area contributed by atoms with Gasteiger partial charge in [0.05, 0.1) is 12.7 Å². The fourth-order valence-electron chi connectivity index (χ4n) is 1.62. The third kappa shape index (κ3) is 3.26. The first-order chi connectivity index (χ1) is 9.10. The van der Waals surface area contributed by atoms with Crippen LogP contribution in [0.3, 0.4) is 0 Å². The molecule has 0 aliphatic rings. The fraction of sp³-hybridized carbons (Fsp3) is 0.0714. The maximum atomic E-state index is 12.2. The van der Waals surface area contributed by atoms with E-state index >= 15 is 0 Å². The highest BCUT2D eigenvalue weighted by Crippen LogP contribution is 2.22. The zero-order valence-electron chi connectivity index (χ0n) is 10.3. The summed E-state index contributed by atoms with van der Waals surface area (Å²) in [4.78, 5) is 12.2. The Morgan fingerprint density at radius 1 is 1.26 bits per heavy atom. The summed E-state index contributed by atoms with van der Waals surface area (Å²) in [6, 6.07) is 12.3. The Morgan fingerprint density at radius 2 is 2.05 bits per heavy atom. The standard InChI is InChI=1S/C14H13BrN2O2/c1-19-11-5-6-13(16)12(8-11)14(18)17-10-4-2-3-9(15)7-10/h2-8H,16H2,1H3,(H,17,18). The Labute approximate surface area is 119 Å². The number of rotatable bonds is 3. The van der Waals surface area contributed by atoms with Gasteiger partial charge in [0.1, 0.15) is 5.75 Å². The Kier molecular flexibility index (Phi) is 4.06. The van der Waals surface area contributed by atoms with Crippen molar-refractivity contribution in [2.75, 3.05) is 18.2 Å². The number of halogens is 1. The molecular weight excluding hydrogens is 308 g/mol. The van der Waals surface area contributed by atoms with Gasteiger partial charge in [-0.2, -0.15) is 0 Å². The largest absolute Gasteiger partial charge is 0.497 e. The molecule has 0 bridgehead atoms. The van der Waals surface area contributed by atoms with Crippen LogP contribution in [-0.2, 0) is 0 Å². The zero-order valence-corrected chi connectivity index (χ0v) is 11.9. The second kappa shape index (κ2) is 5.75. The van der Waals surface area contributed by atoms with Crippen LogP contribution in [0.5, 0.6) is 5.75 Å². The lowest BCUT2D eigenvalue weighted by molar-refractivity contribution is 0.102. The van der Waals surface area contributed by atoms with Gasteiger partial charge in [0.15, 0.2) is 0 Å². The van der Waals surface area contributed by atoms with Crippen molar-refractivity contribution in [1.82, 2.24) is 0 Å². The smallest absolute Gasteiger partial charge is 0.257 e. The van der Waals surface area contributed by atoms with Crippen LogP contribution in [0.25, 0.3) is 0 Å². The summed E-state index contributed by atoms with van der Waals surface area (Å²) in [5, 5.41) is 2.79. The molecule has 0 aliphatic heterocycles. The summed E-state index contributed by atoms with van der Waals surface area (Å²) in [5.74, 6) is 0.322. The Hall–Kier alpha value is -2.01. The third-order valence-electron chi connectivity index (χ3n) is 2.59. The molecule has 98 valence electrons. The number of anilines is 2. The molecule has 0 unspecified atom stereocenters. The second-order valence-electron chi connectivity index (χ2n) is 3.92. The van der Waals surface area contributed by atoms with E-state index in [1.54, 1.807) is 31.4 Å². The molecule has 0 atom stereocenters. The highest BCUT2D eigenvalue weighted by molar-refractivity contribution is 9.10. The average molecular weight is 321 g/mol. The van der Waals surface area contributed by atoms with E-state index in [9.17, 15) is 4.79 Å². The minimum absolute atomic E-state index is 0.269. The minimum atomic E-state index is -0.269. The van der Waals surface area contributed by atoms with Gasteiger partial charge in [0.25, 0.3) is 5.91 Å². The molecule has 2 aromatic carbocycles. The first-order valence-corrected chi connectivity index (χ1v) is 6.40. The van der Waals surface area contributed by atoms with Crippen LogP contribution in [0.2, 0.25) is 0 Å². The monoisotopic (exact) mass is 320 g/mol. The summed E-state index contributed by atoms with van der Waals surface area (Å²) < 4.78 is 5.98. The second-order valence-corrected chi connectivity index (χ2v) is 4.83. The van der Waals surface area contributed by atoms with Gasteiger partial charge >= 0.3 is 0 Å². The van der Waals surface area contributed by atoms with Crippen LogP contribution in [0, 0.1) is 0 Å². The Morgan fingerprint density at radius 3 is 2.74 bits per heavy atom. The minimum Gasteiger partial charge on any atom is -0.497 e. The summed E-state index contributed by atoms with van der Waals surface area (Å²) >= 11 is 3.35. The number of carbonyl (C=O) groups excluding carboxylic acids is 1. The predicted octanol–water partition coefficient (Wildman–Crippen LogP) is 3.29. The van der Waals surface area contributed by atoms with Gasteiger partial charge in [-0.25, -0.2) is 0 Å². The lowest BCUT2D eigenvalue weighted by atomic mass is 10.1. The molecule has 0 heterocycles. The number of hydrogen-bond donors (Lipinski definition) is 2. The molecule has 2 aromatic rings. The lowest BCUT2D eigenvalue weighted by Crippen LogP contribution is -2.14. The molecule has 5 heteroatoms. The lowest BCUT2D eigenvalue weighted by Gasteiger charge is -2.09. The molecular formula is C14H13BrN2O2. The number of nitrogens with one attached hydrogen (secondary N) is 1. The zero-order chi connectivity index (χ0) is 13.8. The van der Waals surface area contributed by atoms with Crippen LogP contribution in [0.1, 0.15) is 10.4 Å². The molecule has 0 spiro atoms. The highest BCUT2D eigenvalue weighted by Gasteiger charge is 2.11. The van der Waals surface area contributed by atoms with Gasteiger partial charge in [-0.15, -0.1) is 0 Å². The van der Waals surface area contributed by atoms with Gasteiger partial charge in [-0.3, -0.25) is 4.79 Å². The molecule has 0 aliphatic carbocycles. The molecule has 3 N–H and O–H groups in total. The summed E-state index contributed by atoms with van der Waals surface area (Å²) in [7, 11) is 1.54. The molecule has 0 saturated heterocycles. The number of carbonyl (C=O) groups is 1. The van der Waals surface area contributed by atoms with Crippen LogP contribution >= 0.6 is 15.9 Å². The average Bonchev–Trinajstić information content (AvgIpc) is 2.39. The maximum absolute atomic E-state index is 12.2. The summed E-state index contributed by atoms with van der Waals surface area (Å²) in [5.41, 5.74) is 7.30. The van der Waals surface area contributed by atoms with E-state index in [2.05, 4.69) is 21.2 Å². The van der Waals surface area contributed by atoms with E-state index in [-0.39, 0.29) is 5.91 Å². The number of methoxy groups -OCH3 is 1. The molecule has 1 amide bonds. The van der Waals surface area contributed by atoms with Crippen molar-refractivity contribution in [3.8, 4) is 5.75 Å². The van der Waals surface area contributed by atoms with Gasteiger partial charge in [0.2, 0.25) is 0 Å². The normalized spacial score (nSPS) is 10.0. The van der Waals surface area contributed by atoms with E-state index in [1.165, 1.54) is 0 Å². The van der Waals surface area contributed by atoms with E-state index < -0.39 is 0 Å². The van der Waals surface area contributed by atoms with E-state index in [0.29, 0.717) is 22.7 Å². The van der Waals surface area contributed by atoms with Crippen molar-refractivity contribution in [2.24, 2.45) is 0 Å². The van der Waals surface area contributed by atoms with Crippen molar-refractivity contribution in [3.05, 3.63) is 52.5 Å². The van der Waals surface area contributed by atoms with Crippen molar-refractivity contribution in [2.45, 2.75) is 0 Å². The molecule has 2 rings (SSSR count). The van der Waals surface area contributed by atoms with Crippen molar-refractivity contribution in [3.63, 3.8) is 0 Å². The number of hydrogen-bond acceptors (Lipinski definition) is 3. The molecule has 0 saturated carbocycles. The highest BCUT2D eigenvalue weighted by atomic mass is 79.9. The van der Waals surface area contributed by atoms with E-state index in [0.717, 1.165) is 4.47 Å². The van der Waals surface area contributed by atoms with Gasteiger partial charge < -0.3 is 15.8 Å². The number of amides is 1. The summed E-state index contributed by atoms with van der Waals surface area (Å²) in [6.45, 7) is 0. The first kappa shape index (κ1) is 13.4. The molecule has 0 fully saturated rings. The number of nitrogens with two attached hydrogens (primary N) is 1. The van der Waals surface area contributed by atoms with Crippen LogP contribution in [0.15, 0.2) is 46.9 Å². The topological polar surface area (TPSA) is 64.3 Å². The van der Waals surface area contributed by atoms with Gasteiger partial charge in [-0.1, -0.05) is 22.0 Å². The molecule has 0 radical (unpaired) electrons. The van der Waals surface area contributed by atoms with Crippen LogP contribution < -0.4 is 15.8 Å². The number of nitrogen functional groups attached to an aromatic ring is 1. The van der Waals surface area contributed by atoms with Crippen LogP contribution in [-0.4, -0.2) is 13.0 Å². The first-order valence-electron chi connectivity index (χ1n) is 5.60. The van der Waals surface area contributed by atoms with Gasteiger partial charge in [-0.05, 0) is 36.4 Å². The molecule has 0 aromatic heterocycles. The van der Waals surface area contributed by atoms with Crippen molar-refractivity contribution in [1.29, 1.82) is 0 Å². The maximum Gasteiger partial charge on any atom is 0.257 e. The quantitative estimate of drug-likeness (QED) is 0.853.